The van der Waals surface area contributed by atoms with E-state index in [9.17, 15) is 30.5 Å². The molecule has 150 valence electrons. The number of hydrogen-bond donors (Lipinski definition) is 5. The first-order valence-electron chi connectivity index (χ1n) is 8.48. The summed E-state index contributed by atoms with van der Waals surface area (Å²) in [5, 5.41) is 53.3. The highest BCUT2D eigenvalue weighted by Crippen LogP contribution is 2.34. The topological polar surface area (TPSA) is 145 Å². The van der Waals surface area contributed by atoms with Gasteiger partial charge in [0.25, 0.3) is 5.69 Å². The molecule has 3 rings (SSSR count). The lowest BCUT2D eigenvalue weighted by Gasteiger charge is -2.40. The Morgan fingerprint density at radius 2 is 1.75 bits per heavy atom. The van der Waals surface area contributed by atoms with E-state index in [2.05, 4.69) is 5.32 Å². The van der Waals surface area contributed by atoms with Gasteiger partial charge < -0.3 is 30.5 Å². The van der Waals surface area contributed by atoms with E-state index in [-0.39, 0.29) is 11.4 Å². The molecule has 0 bridgehead atoms. The minimum absolute atomic E-state index is 0.159. The van der Waals surface area contributed by atoms with Crippen LogP contribution in [0.15, 0.2) is 58.3 Å². The van der Waals surface area contributed by atoms with Crippen molar-refractivity contribution in [1.82, 2.24) is 0 Å². The van der Waals surface area contributed by atoms with E-state index >= 15 is 0 Å². The fraction of sp³-hybridized carbons (Fsp3) is 0.333. The predicted molar refractivity (Wildman–Crippen MR) is 101 cm³/mol. The minimum atomic E-state index is -1.54. The lowest BCUT2D eigenvalue weighted by molar-refractivity contribution is -0.385. The zero-order valence-corrected chi connectivity index (χ0v) is 15.4. The number of nitrogens with one attached hydrogen (secondary N) is 1. The van der Waals surface area contributed by atoms with E-state index in [1.807, 2.05) is 30.3 Å². The lowest BCUT2D eigenvalue weighted by atomic mass is 9.98. The second-order valence-electron chi connectivity index (χ2n) is 6.28. The first-order chi connectivity index (χ1) is 13.4. The lowest BCUT2D eigenvalue weighted by Crippen LogP contribution is -2.60. The van der Waals surface area contributed by atoms with Gasteiger partial charge in [-0.3, -0.25) is 10.1 Å². The standard InChI is InChI=1S/C18H20N2O7S/c21-9-14-15(22)16(23)17(24)18(27-14)19-10-6-11(20(25)26)8-13(7-10)28-12-4-2-1-3-5-12/h1-8,14-19,21-24H,9H2/t14-,15+,16+,17+,18-/m0/s1. The first-order valence-corrected chi connectivity index (χ1v) is 9.30. The van der Waals surface area contributed by atoms with Gasteiger partial charge in [-0.15, -0.1) is 0 Å². The van der Waals surface area contributed by atoms with Crippen molar-refractivity contribution >= 4 is 23.1 Å². The summed E-state index contributed by atoms with van der Waals surface area (Å²) in [5.74, 6) is 0. The molecule has 0 spiro atoms. The summed E-state index contributed by atoms with van der Waals surface area (Å²) in [6.45, 7) is -0.562. The Kier molecular flexibility index (Phi) is 6.50. The van der Waals surface area contributed by atoms with E-state index in [1.54, 1.807) is 6.07 Å². The SMILES string of the molecule is O=[N+]([O-])c1cc(N[C@H]2O[C@@H](CO)[C@@H](O)[C@@H](O)[C@H]2O)cc(Sc2ccccc2)c1. The average Bonchev–Trinajstić information content (AvgIpc) is 2.69. The van der Waals surface area contributed by atoms with Gasteiger partial charge >= 0.3 is 0 Å². The number of anilines is 1. The highest BCUT2D eigenvalue weighted by molar-refractivity contribution is 7.99. The molecular formula is C18H20N2O7S. The molecule has 28 heavy (non-hydrogen) atoms. The second kappa shape index (κ2) is 8.86. The maximum Gasteiger partial charge on any atom is 0.272 e. The van der Waals surface area contributed by atoms with Crippen LogP contribution in [0.25, 0.3) is 0 Å². The molecule has 1 aliphatic rings. The smallest absolute Gasteiger partial charge is 0.272 e. The Morgan fingerprint density at radius 3 is 2.39 bits per heavy atom. The Labute approximate surface area is 164 Å². The summed E-state index contributed by atoms with van der Waals surface area (Å²) in [6, 6.07) is 13.7. The average molecular weight is 408 g/mol. The zero-order chi connectivity index (χ0) is 20.3. The van der Waals surface area contributed by atoms with Crippen molar-refractivity contribution in [2.75, 3.05) is 11.9 Å². The maximum atomic E-state index is 11.3. The summed E-state index contributed by atoms with van der Waals surface area (Å²) in [6.07, 6.45) is -6.77. The molecule has 1 saturated heterocycles. The Balaban J connectivity index is 1.85. The minimum Gasteiger partial charge on any atom is -0.394 e. The van der Waals surface area contributed by atoms with Gasteiger partial charge in [0, 0.05) is 27.6 Å². The number of nitrogens with zero attached hydrogens (tertiary/aromatic N) is 1. The predicted octanol–water partition coefficient (Wildman–Crippen LogP) is 0.958. The number of aliphatic hydroxyl groups is 4. The molecular weight excluding hydrogens is 388 g/mol. The van der Waals surface area contributed by atoms with Crippen LogP contribution in [0.4, 0.5) is 11.4 Å². The van der Waals surface area contributed by atoms with Crippen molar-refractivity contribution in [3.8, 4) is 0 Å². The molecule has 1 aliphatic heterocycles. The van der Waals surface area contributed by atoms with E-state index in [4.69, 9.17) is 4.74 Å². The second-order valence-corrected chi connectivity index (χ2v) is 7.43. The molecule has 2 aromatic rings. The molecule has 0 saturated carbocycles. The Morgan fingerprint density at radius 1 is 1.04 bits per heavy atom. The van der Waals surface area contributed by atoms with Gasteiger partial charge in [-0.2, -0.15) is 0 Å². The molecule has 1 fully saturated rings. The fourth-order valence-electron chi connectivity index (χ4n) is 2.84. The van der Waals surface area contributed by atoms with Crippen LogP contribution in [0, 0.1) is 10.1 Å². The van der Waals surface area contributed by atoms with Crippen LogP contribution in [0.2, 0.25) is 0 Å². The molecule has 2 aromatic carbocycles. The van der Waals surface area contributed by atoms with Crippen LogP contribution >= 0.6 is 11.8 Å². The van der Waals surface area contributed by atoms with Crippen LogP contribution in [-0.4, -0.2) is 62.6 Å². The number of benzene rings is 2. The highest BCUT2D eigenvalue weighted by atomic mass is 32.2. The highest BCUT2D eigenvalue weighted by Gasteiger charge is 2.43. The Hall–Kier alpha value is -2.21. The van der Waals surface area contributed by atoms with E-state index in [0.29, 0.717) is 4.90 Å². The molecule has 5 N–H and O–H groups in total. The number of aliphatic hydroxyl groups excluding tert-OH is 4. The molecule has 5 atom stereocenters. The molecule has 9 nitrogen and oxygen atoms in total. The van der Waals surface area contributed by atoms with Gasteiger partial charge in [-0.05, 0) is 18.2 Å². The number of nitro benzene ring substituents is 1. The summed E-state index contributed by atoms with van der Waals surface area (Å²) in [7, 11) is 0. The van der Waals surface area contributed by atoms with Crippen molar-refractivity contribution in [2.45, 2.75) is 40.4 Å². The van der Waals surface area contributed by atoms with E-state index in [0.717, 1.165) is 4.90 Å². The largest absolute Gasteiger partial charge is 0.394 e. The number of non-ortho nitro benzene ring substituents is 1. The van der Waals surface area contributed by atoms with Crippen LogP contribution < -0.4 is 5.32 Å². The third kappa shape index (κ3) is 4.61. The molecule has 0 unspecified atom stereocenters. The molecule has 0 radical (unpaired) electrons. The van der Waals surface area contributed by atoms with Crippen LogP contribution in [0.5, 0.6) is 0 Å². The summed E-state index contributed by atoms with van der Waals surface area (Å²) < 4.78 is 5.40. The monoisotopic (exact) mass is 408 g/mol. The van der Waals surface area contributed by atoms with E-state index < -0.39 is 42.2 Å². The van der Waals surface area contributed by atoms with Crippen LogP contribution in [0.3, 0.4) is 0 Å². The van der Waals surface area contributed by atoms with Gasteiger partial charge in [0.2, 0.25) is 0 Å². The van der Waals surface area contributed by atoms with Crippen molar-refractivity contribution in [3.63, 3.8) is 0 Å². The van der Waals surface area contributed by atoms with Gasteiger partial charge in [0.15, 0.2) is 6.23 Å². The summed E-state index contributed by atoms with van der Waals surface area (Å²) >= 11 is 1.33. The normalized spacial score (nSPS) is 27.4. The molecule has 0 aliphatic carbocycles. The van der Waals surface area contributed by atoms with E-state index in [1.165, 1.54) is 23.9 Å². The molecule has 10 heteroatoms. The zero-order valence-electron chi connectivity index (χ0n) is 14.6. The number of ether oxygens (including phenoxy) is 1. The van der Waals surface area contributed by atoms with Crippen molar-refractivity contribution in [3.05, 3.63) is 58.6 Å². The quantitative estimate of drug-likeness (QED) is 0.348. The third-order valence-corrected chi connectivity index (χ3v) is 5.26. The number of rotatable bonds is 6. The number of hydrogen-bond acceptors (Lipinski definition) is 9. The van der Waals surface area contributed by atoms with Gasteiger partial charge in [-0.25, -0.2) is 0 Å². The van der Waals surface area contributed by atoms with Crippen molar-refractivity contribution < 1.29 is 30.1 Å². The van der Waals surface area contributed by atoms with Gasteiger partial charge in [0.05, 0.1) is 11.5 Å². The third-order valence-electron chi connectivity index (χ3n) is 4.28. The molecule has 0 amide bonds. The number of nitro groups is 1. The van der Waals surface area contributed by atoms with Crippen LogP contribution in [0.1, 0.15) is 0 Å². The molecule has 0 aromatic heterocycles. The van der Waals surface area contributed by atoms with Gasteiger partial charge in [-0.1, -0.05) is 30.0 Å². The van der Waals surface area contributed by atoms with Crippen molar-refractivity contribution in [1.29, 1.82) is 0 Å². The van der Waals surface area contributed by atoms with Gasteiger partial charge in [0.1, 0.15) is 24.4 Å². The summed E-state index contributed by atoms with van der Waals surface area (Å²) in [5.41, 5.74) is 0.130. The maximum absolute atomic E-state index is 11.3. The Bertz CT molecular complexity index is 821. The van der Waals surface area contributed by atoms with Crippen LogP contribution in [-0.2, 0) is 4.74 Å². The fourth-order valence-corrected chi connectivity index (χ4v) is 3.77. The molecule has 1 heterocycles. The summed E-state index contributed by atoms with van der Waals surface area (Å²) in [4.78, 5) is 12.2. The first kappa shape index (κ1) is 20.5. The van der Waals surface area contributed by atoms with Crippen molar-refractivity contribution in [2.24, 2.45) is 0 Å².